The molecule has 0 aromatic carbocycles. The highest BCUT2D eigenvalue weighted by Crippen LogP contribution is 2.17. The highest BCUT2D eigenvalue weighted by atomic mass is 16.3. The molecule has 1 aromatic heterocycles. The van der Waals surface area contributed by atoms with E-state index in [1.165, 1.54) is 0 Å². The molecule has 0 spiro atoms. The minimum Gasteiger partial charge on any atom is -0.384 e. The number of aromatic nitrogens is 1. The number of rotatable bonds is 3. The lowest BCUT2D eigenvalue weighted by atomic mass is 9.97. The summed E-state index contributed by atoms with van der Waals surface area (Å²) in [6.07, 6.45) is 3.36. The third-order valence-electron chi connectivity index (χ3n) is 1.82. The van der Waals surface area contributed by atoms with Gasteiger partial charge in [0, 0.05) is 18.9 Å². The number of aliphatic hydroxyl groups is 1. The number of hydrogen-bond donors (Lipinski definition) is 2. The predicted octanol–water partition coefficient (Wildman–Crippen LogP) is 0.509. The van der Waals surface area contributed by atoms with Crippen LogP contribution in [-0.4, -0.2) is 23.7 Å². The Kier molecular flexibility index (Phi) is 2.78. The van der Waals surface area contributed by atoms with Gasteiger partial charge in [-0.25, -0.2) is 0 Å². The Bertz CT molecular complexity index is 234. The van der Waals surface area contributed by atoms with Gasteiger partial charge in [-0.2, -0.15) is 0 Å². The topological polar surface area (TPSA) is 45.1 Å². The molecule has 12 heavy (non-hydrogen) atoms. The maximum absolute atomic E-state index is 9.90. The van der Waals surface area contributed by atoms with Crippen molar-refractivity contribution < 1.29 is 5.11 Å². The highest BCUT2D eigenvalue weighted by molar-refractivity contribution is 5.18. The minimum absolute atomic E-state index is 0.539. The van der Waals surface area contributed by atoms with Crippen molar-refractivity contribution in [3.63, 3.8) is 0 Å². The molecule has 1 rings (SSSR count). The molecule has 1 unspecified atom stereocenters. The lowest BCUT2D eigenvalue weighted by Gasteiger charge is -2.22. The average Bonchev–Trinajstić information content (AvgIpc) is 2.06. The number of nitrogens with zero attached hydrogens (tertiary/aromatic N) is 1. The lowest BCUT2D eigenvalue weighted by Crippen LogP contribution is -2.33. The summed E-state index contributed by atoms with van der Waals surface area (Å²) in [6.45, 7) is 2.32. The van der Waals surface area contributed by atoms with Crippen LogP contribution in [0.15, 0.2) is 24.5 Å². The zero-order chi connectivity index (χ0) is 9.03. The van der Waals surface area contributed by atoms with Gasteiger partial charge in [-0.15, -0.1) is 0 Å². The van der Waals surface area contributed by atoms with Crippen LogP contribution in [0, 0.1) is 0 Å². The molecule has 0 fully saturated rings. The number of nitrogens with one attached hydrogen (secondary N) is 1. The van der Waals surface area contributed by atoms with Crippen molar-refractivity contribution in [3.05, 3.63) is 30.1 Å². The molecule has 3 nitrogen and oxygen atoms in total. The second kappa shape index (κ2) is 3.65. The van der Waals surface area contributed by atoms with Crippen LogP contribution < -0.4 is 5.32 Å². The fraction of sp³-hybridized carbons (Fsp3) is 0.444. The molecular formula is C9H14N2O. The van der Waals surface area contributed by atoms with Gasteiger partial charge in [0.15, 0.2) is 0 Å². The largest absolute Gasteiger partial charge is 0.384 e. The summed E-state index contributed by atoms with van der Waals surface area (Å²) >= 11 is 0. The van der Waals surface area contributed by atoms with Crippen LogP contribution in [0.25, 0.3) is 0 Å². The maximum Gasteiger partial charge on any atom is 0.0993 e. The molecule has 0 saturated heterocycles. The molecule has 0 aliphatic heterocycles. The number of likely N-dealkylation sites (N-methyl/N-ethyl adjacent to an activating group) is 1. The summed E-state index contributed by atoms with van der Waals surface area (Å²) in [5.74, 6) is 0. The van der Waals surface area contributed by atoms with Crippen LogP contribution in [0.4, 0.5) is 0 Å². The number of hydrogen-bond acceptors (Lipinski definition) is 3. The monoisotopic (exact) mass is 166 g/mol. The van der Waals surface area contributed by atoms with Crippen LogP contribution >= 0.6 is 0 Å². The normalized spacial score (nSPS) is 15.6. The summed E-state index contributed by atoms with van der Waals surface area (Å²) in [6, 6.07) is 3.63. The molecule has 1 aromatic rings. The Morgan fingerprint density at radius 2 is 2.08 bits per heavy atom. The number of pyridine rings is 1. The van der Waals surface area contributed by atoms with Crippen LogP contribution in [0.5, 0.6) is 0 Å². The average molecular weight is 166 g/mol. The van der Waals surface area contributed by atoms with Gasteiger partial charge in [0.2, 0.25) is 0 Å². The Labute approximate surface area is 72.5 Å². The molecular weight excluding hydrogens is 152 g/mol. The van der Waals surface area contributed by atoms with E-state index in [-0.39, 0.29) is 0 Å². The first-order valence-electron chi connectivity index (χ1n) is 3.94. The van der Waals surface area contributed by atoms with Gasteiger partial charge >= 0.3 is 0 Å². The Balaban J connectivity index is 2.82. The molecule has 0 aliphatic rings. The van der Waals surface area contributed by atoms with Crippen molar-refractivity contribution in [2.75, 3.05) is 13.6 Å². The van der Waals surface area contributed by atoms with Crippen molar-refractivity contribution in [1.82, 2.24) is 10.3 Å². The van der Waals surface area contributed by atoms with Crippen molar-refractivity contribution in [2.45, 2.75) is 12.5 Å². The van der Waals surface area contributed by atoms with Crippen LogP contribution in [0.1, 0.15) is 12.5 Å². The summed E-state index contributed by atoms with van der Waals surface area (Å²) in [5.41, 5.74) is 0.0735. The molecule has 0 amide bonds. The zero-order valence-corrected chi connectivity index (χ0v) is 7.41. The van der Waals surface area contributed by atoms with Gasteiger partial charge in [-0.3, -0.25) is 4.98 Å². The summed E-state index contributed by atoms with van der Waals surface area (Å²) < 4.78 is 0. The van der Waals surface area contributed by atoms with E-state index < -0.39 is 5.60 Å². The van der Waals surface area contributed by atoms with Gasteiger partial charge in [0.25, 0.3) is 0 Å². The first kappa shape index (κ1) is 9.16. The van der Waals surface area contributed by atoms with E-state index in [2.05, 4.69) is 10.3 Å². The fourth-order valence-electron chi connectivity index (χ4n) is 1.16. The minimum atomic E-state index is -0.808. The van der Waals surface area contributed by atoms with E-state index >= 15 is 0 Å². The van der Waals surface area contributed by atoms with Gasteiger partial charge in [0.05, 0.1) is 5.60 Å². The summed E-state index contributed by atoms with van der Waals surface area (Å²) in [5, 5.41) is 12.8. The summed E-state index contributed by atoms with van der Waals surface area (Å²) in [4.78, 5) is 3.89. The molecule has 0 saturated carbocycles. The molecule has 3 heteroatoms. The summed E-state index contributed by atoms with van der Waals surface area (Å²) in [7, 11) is 1.82. The highest BCUT2D eigenvalue weighted by Gasteiger charge is 2.21. The van der Waals surface area contributed by atoms with E-state index in [1.54, 1.807) is 19.3 Å². The van der Waals surface area contributed by atoms with Crippen LogP contribution in [0.2, 0.25) is 0 Å². The van der Waals surface area contributed by atoms with E-state index in [1.807, 2.05) is 19.2 Å². The van der Waals surface area contributed by atoms with Crippen LogP contribution in [0.3, 0.4) is 0 Å². The smallest absolute Gasteiger partial charge is 0.0993 e. The standard InChI is InChI=1S/C9H14N2O/c1-9(12,7-10-2)8-3-5-11-6-4-8/h3-6,10,12H,7H2,1-2H3. The van der Waals surface area contributed by atoms with Crippen molar-refractivity contribution >= 4 is 0 Å². The first-order chi connectivity index (χ1) is 5.67. The fourth-order valence-corrected chi connectivity index (χ4v) is 1.16. The molecule has 0 radical (unpaired) electrons. The maximum atomic E-state index is 9.90. The molecule has 0 aliphatic carbocycles. The van der Waals surface area contributed by atoms with E-state index in [9.17, 15) is 5.11 Å². The molecule has 2 N–H and O–H groups in total. The van der Waals surface area contributed by atoms with E-state index in [4.69, 9.17) is 0 Å². The van der Waals surface area contributed by atoms with Gasteiger partial charge < -0.3 is 10.4 Å². The second-order valence-corrected chi connectivity index (χ2v) is 3.04. The van der Waals surface area contributed by atoms with Crippen molar-refractivity contribution in [3.8, 4) is 0 Å². The lowest BCUT2D eigenvalue weighted by molar-refractivity contribution is 0.0591. The second-order valence-electron chi connectivity index (χ2n) is 3.04. The Hall–Kier alpha value is -0.930. The van der Waals surface area contributed by atoms with Crippen molar-refractivity contribution in [2.24, 2.45) is 0 Å². The predicted molar refractivity (Wildman–Crippen MR) is 47.7 cm³/mol. The van der Waals surface area contributed by atoms with Gasteiger partial charge in [-0.05, 0) is 31.7 Å². The first-order valence-corrected chi connectivity index (χ1v) is 3.94. The van der Waals surface area contributed by atoms with E-state index in [0.717, 1.165) is 5.56 Å². The molecule has 66 valence electrons. The molecule has 0 bridgehead atoms. The van der Waals surface area contributed by atoms with Gasteiger partial charge in [-0.1, -0.05) is 0 Å². The molecule has 1 atom stereocenters. The Morgan fingerprint density at radius 3 is 2.58 bits per heavy atom. The van der Waals surface area contributed by atoms with Crippen molar-refractivity contribution in [1.29, 1.82) is 0 Å². The Morgan fingerprint density at radius 1 is 1.50 bits per heavy atom. The third kappa shape index (κ3) is 2.03. The SMILES string of the molecule is CNCC(C)(O)c1ccncc1. The third-order valence-corrected chi connectivity index (χ3v) is 1.82. The zero-order valence-electron chi connectivity index (χ0n) is 7.41. The molecule has 1 heterocycles. The van der Waals surface area contributed by atoms with Gasteiger partial charge in [0.1, 0.15) is 0 Å². The van der Waals surface area contributed by atoms with Crippen LogP contribution in [-0.2, 0) is 5.60 Å². The van der Waals surface area contributed by atoms with E-state index in [0.29, 0.717) is 6.54 Å². The quantitative estimate of drug-likeness (QED) is 0.687.